The zero-order valence-corrected chi connectivity index (χ0v) is 18.8. The number of halogens is 3. The molecular formula is C24H23F3N2O6. The van der Waals surface area contributed by atoms with Gasteiger partial charge < -0.3 is 19.7 Å². The Morgan fingerprint density at radius 2 is 1.80 bits per heavy atom. The average molecular weight is 492 g/mol. The number of rotatable bonds is 8. The zero-order valence-electron chi connectivity index (χ0n) is 18.8. The molecule has 1 aliphatic heterocycles. The highest BCUT2D eigenvalue weighted by Gasteiger charge is 2.36. The minimum absolute atomic E-state index is 0.0204. The number of nitrogens with one attached hydrogen (secondary N) is 1. The zero-order chi connectivity index (χ0) is 25.6. The molecule has 2 aromatic rings. The minimum atomic E-state index is -4.56. The van der Waals surface area contributed by atoms with Crippen LogP contribution in [0.2, 0.25) is 0 Å². The van der Waals surface area contributed by atoms with Crippen LogP contribution < -0.4 is 10.2 Å². The van der Waals surface area contributed by atoms with Crippen LogP contribution in [-0.4, -0.2) is 43.5 Å². The fourth-order valence-corrected chi connectivity index (χ4v) is 3.40. The van der Waals surface area contributed by atoms with Crippen molar-refractivity contribution in [1.82, 2.24) is 0 Å². The molecule has 186 valence electrons. The van der Waals surface area contributed by atoms with Crippen LogP contribution in [0.5, 0.6) is 0 Å². The number of nitrogens with zero attached hydrogens (tertiary/aromatic N) is 1. The number of carbonyl (C=O) groups is 4. The molecule has 1 N–H and O–H groups in total. The smallest absolute Gasteiger partial charge is 0.416 e. The summed E-state index contributed by atoms with van der Waals surface area (Å²) in [5.41, 5.74) is -0.205. The van der Waals surface area contributed by atoms with Crippen LogP contribution in [0.4, 0.5) is 24.5 Å². The van der Waals surface area contributed by atoms with Crippen molar-refractivity contribution < 1.29 is 41.8 Å². The van der Waals surface area contributed by atoms with Gasteiger partial charge in [-0.05, 0) is 48.9 Å². The molecule has 35 heavy (non-hydrogen) atoms. The summed E-state index contributed by atoms with van der Waals surface area (Å²) in [5.74, 6) is -3.22. The largest absolute Gasteiger partial charge is 0.462 e. The average Bonchev–Trinajstić information content (AvgIpc) is 3.22. The molecule has 11 heteroatoms. The second-order valence-corrected chi connectivity index (χ2v) is 7.82. The molecule has 1 atom stereocenters. The Morgan fingerprint density at radius 3 is 2.46 bits per heavy atom. The first-order valence-electron chi connectivity index (χ1n) is 10.8. The van der Waals surface area contributed by atoms with Gasteiger partial charge in [0.2, 0.25) is 5.91 Å². The summed E-state index contributed by atoms with van der Waals surface area (Å²) in [5, 5.41) is 2.24. The lowest BCUT2D eigenvalue weighted by Crippen LogP contribution is -2.28. The van der Waals surface area contributed by atoms with Crippen molar-refractivity contribution in [1.29, 1.82) is 0 Å². The standard InChI is InChI=1S/C24H23F3N2O6/c1-2-10-34-22(32)15-6-8-19(9-7-15)29-13-16(11-21(29)31)23(33)35-14-20(30)28-18-5-3-4-17(12-18)24(25,26)27/h3-9,12,16H,2,10-11,13-14H2,1H3,(H,28,30)/t16-/m1/s1. The van der Waals surface area contributed by atoms with Crippen LogP contribution in [0.25, 0.3) is 0 Å². The topological polar surface area (TPSA) is 102 Å². The number of esters is 2. The van der Waals surface area contributed by atoms with Crippen molar-refractivity contribution >= 4 is 35.1 Å². The lowest BCUT2D eigenvalue weighted by atomic mass is 10.1. The first kappa shape index (κ1) is 25.7. The Balaban J connectivity index is 1.52. The second-order valence-electron chi connectivity index (χ2n) is 7.82. The molecular weight excluding hydrogens is 469 g/mol. The van der Waals surface area contributed by atoms with Gasteiger partial charge in [-0.3, -0.25) is 14.4 Å². The van der Waals surface area contributed by atoms with E-state index >= 15 is 0 Å². The van der Waals surface area contributed by atoms with Crippen LogP contribution in [-0.2, 0) is 30.0 Å². The summed E-state index contributed by atoms with van der Waals surface area (Å²) in [7, 11) is 0. The highest BCUT2D eigenvalue weighted by Crippen LogP contribution is 2.30. The van der Waals surface area contributed by atoms with Crippen LogP contribution in [0.1, 0.15) is 35.7 Å². The van der Waals surface area contributed by atoms with Crippen molar-refractivity contribution in [3.05, 3.63) is 59.7 Å². The van der Waals surface area contributed by atoms with Crippen molar-refractivity contribution in [2.45, 2.75) is 25.9 Å². The number of ether oxygens (including phenoxy) is 2. The molecule has 2 aromatic carbocycles. The Hall–Kier alpha value is -3.89. The van der Waals surface area contributed by atoms with E-state index in [1.807, 2.05) is 6.92 Å². The van der Waals surface area contributed by atoms with Gasteiger partial charge in [0, 0.05) is 24.3 Å². The molecule has 1 fully saturated rings. The van der Waals surface area contributed by atoms with E-state index in [9.17, 15) is 32.3 Å². The summed E-state index contributed by atoms with van der Waals surface area (Å²) in [6, 6.07) is 10.2. The van der Waals surface area contributed by atoms with Crippen LogP contribution in [0, 0.1) is 5.92 Å². The fourth-order valence-electron chi connectivity index (χ4n) is 3.40. The van der Waals surface area contributed by atoms with E-state index in [-0.39, 0.29) is 24.6 Å². The molecule has 0 radical (unpaired) electrons. The van der Waals surface area contributed by atoms with E-state index in [1.165, 1.54) is 23.1 Å². The lowest BCUT2D eigenvalue weighted by molar-refractivity contribution is -0.151. The number of amides is 2. The van der Waals surface area contributed by atoms with Gasteiger partial charge in [0.1, 0.15) is 0 Å². The molecule has 8 nitrogen and oxygen atoms in total. The Kier molecular flexibility index (Phi) is 8.10. The van der Waals surface area contributed by atoms with Gasteiger partial charge in [-0.2, -0.15) is 13.2 Å². The predicted molar refractivity (Wildman–Crippen MR) is 119 cm³/mol. The first-order valence-corrected chi connectivity index (χ1v) is 10.8. The lowest BCUT2D eigenvalue weighted by Gasteiger charge is -2.17. The third-order valence-corrected chi connectivity index (χ3v) is 5.13. The molecule has 1 heterocycles. The molecule has 0 bridgehead atoms. The van der Waals surface area contributed by atoms with Crippen LogP contribution in [0.15, 0.2) is 48.5 Å². The molecule has 0 unspecified atom stereocenters. The summed E-state index contributed by atoms with van der Waals surface area (Å²) in [6.45, 7) is 1.48. The maximum absolute atomic E-state index is 12.8. The second kappa shape index (κ2) is 11.0. The highest BCUT2D eigenvalue weighted by molar-refractivity contribution is 6.00. The van der Waals surface area contributed by atoms with E-state index < -0.39 is 42.1 Å². The monoisotopic (exact) mass is 492 g/mol. The SMILES string of the molecule is CCCOC(=O)c1ccc(N2C[C@H](C(=O)OCC(=O)Nc3cccc(C(F)(F)F)c3)CC2=O)cc1. The predicted octanol–water partition coefficient (Wildman–Crippen LogP) is 3.81. The number of anilines is 2. The van der Waals surface area contributed by atoms with Crippen LogP contribution in [0.3, 0.4) is 0 Å². The van der Waals surface area contributed by atoms with E-state index in [0.717, 1.165) is 18.2 Å². The van der Waals surface area contributed by atoms with Crippen molar-refractivity contribution in [2.24, 2.45) is 5.92 Å². The molecule has 0 spiro atoms. The Labute approximate surface area is 199 Å². The molecule has 3 rings (SSSR count). The molecule has 0 aliphatic carbocycles. The Bertz CT molecular complexity index is 1100. The van der Waals surface area contributed by atoms with E-state index in [1.54, 1.807) is 12.1 Å². The maximum atomic E-state index is 12.8. The van der Waals surface area contributed by atoms with Crippen LogP contribution >= 0.6 is 0 Å². The van der Waals surface area contributed by atoms with Crippen molar-refractivity contribution in [3.63, 3.8) is 0 Å². The fraction of sp³-hybridized carbons (Fsp3) is 0.333. The van der Waals surface area contributed by atoms with Gasteiger partial charge in [-0.1, -0.05) is 13.0 Å². The van der Waals surface area contributed by atoms with Gasteiger partial charge in [-0.25, -0.2) is 4.79 Å². The summed E-state index contributed by atoms with van der Waals surface area (Å²) >= 11 is 0. The van der Waals surface area contributed by atoms with Gasteiger partial charge >= 0.3 is 18.1 Å². The third kappa shape index (κ3) is 6.81. The number of hydrogen-bond donors (Lipinski definition) is 1. The molecule has 0 saturated carbocycles. The highest BCUT2D eigenvalue weighted by atomic mass is 19.4. The van der Waals surface area contributed by atoms with Gasteiger partial charge in [0.25, 0.3) is 5.91 Å². The number of benzene rings is 2. The quantitative estimate of drug-likeness (QED) is 0.563. The molecule has 2 amide bonds. The third-order valence-electron chi connectivity index (χ3n) is 5.13. The number of carbonyl (C=O) groups excluding carboxylic acids is 4. The summed E-state index contributed by atoms with van der Waals surface area (Å²) < 4.78 is 48.4. The molecule has 1 saturated heterocycles. The molecule has 1 aliphatic rings. The van der Waals surface area contributed by atoms with Gasteiger partial charge in [0.05, 0.1) is 23.7 Å². The van der Waals surface area contributed by atoms with Gasteiger partial charge in [-0.15, -0.1) is 0 Å². The normalized spacial score (nSPS) is 15.6. The van der Waals surface area contributed by atoms with Gasteiger partial charge in [0.15, 0.2) is 6.61 Å². The molecule has 0 aromatic heterocycles. The minimum Gasteiger partial charge on any atom is -0.462 e. The summed E-state index contributed by atoms with van der Waals surface area (Å²) in [6.07, 6.45) is -4.00. The number of alkyl halides is 3. The first-order chi connectivity index (χ1) is 16.6. The number of hydrogen-bond acceptors (Lipinski definition) is 6. The maximum Gasteiger partial charge on any atom is 0.416 e. The van der Waals surface area contributed by atoms with E-state index in [2.05, 4.69) is 5.32 Å². The van der Waals surface area contributed by atoms with E-state index in [0.29, 0.717) is 24.3 Å². The van der Waals surface area contributed by atoms with Crippen molar-refractivity contribution in [3.8, 4) is 0 Å². The van der Waals surface area contributed by atoms with E-state index in [4.69, 9.17) is 9.47 Å². The Morgan fingerprint density at radius 1 is 1.09 bits per heavy atom. The van der Waals surface area contributed by atoms with Crippen molar-refractivity contribution in [2.75, 3.05) is 30.0 Å². The summed E-state index contributed by atoms with van der Waals surface area (Å²) in [4.78, 5) is 50.0.